The molecule has 2 saturated carbocycles. The highest BCUT2D eigenvalue weighted by Crippen LogP contribution is 2.60. The topological polar surface area (TPSA) is 79.2 Å². The van der Waals surface area contributed by atoms with Crippen LogP contribution in [0, 0.1) is 23.7 Å². The molecule has 0 unspecified atom stereocenters. The third-order valence-electron chi connectivity index (χ3n) is 8.78. The van der Waals surface area contributed by atoms with Gasteiger partial charge < -0.3 is 19.7 Å². The molecule has 2 heterocycles. The fourth-order valence-electron chi connectivity index (χ4n) is 7.61. The van der Waals surface area contributed by atoms with Gasteiger partial charge in [0.2, 0.25) is 0 Å². The minimum Gasteiger partial charge on any atom is -0.504 e. The predicted octanol–water partition coefficient (Wildman–Crippen LogP) is 3.61. The van der Waals surface area contributed by atoms with E-state index in [2.05, 4.69) is 11.8 Å². The van der Waals surface area contributed by atoms with Crippen molar-refractivity contribution in [1.29, 1.82) is 0 Å². The van der Waals surface area contributed by atoms with Gasteiger partial charge in [-0.3, -0.25) is 4.90 Å². The molecule has 6 nitrogen and oxygen atoms in total. The largest absolute Gasteiger partial charge is 0.504 e. The van der Waals surface area contributed by atoms with Crippen LogP contribution in [0.25, 0.3) is 6.08 Å². The molecule has 0 amide bonds. The van der Waals surface area contributed by atoms with Crippen molar-refractivity contribution in [1.82, 2.24) is 4.90 Å². The van der Waals surface area contributed by atoms with Gasteiger partial charge in [-0.25, -0.2) is 4.79 Å². The van der Waals surface area contributed by atoms with Crippen LogP contribution in [0.15, 0.2) is 24.3 Å². The first-order valence-electron chi connectivity index (χ1n) is 12.1. The summed E-state index contributed by atoms with van der Waals surface area (Å²) in [6, 6.07) is 4.97. The van der Waals surface area contributed by atoms with Crippen LogP contribution in [0.5, 0.6) is 11.5 Å². The first kappa shape index (κ1) is 21.8. The molecule has 1 aromatic carbocycles. The number of methoxy groups -OCH3 is 1. The zero-order valence-corrected chi connectivity index (χ0v) is 19.1. The van der Waals surface area contributed by atoms with Gasteiger partial charge in [0.25, 0.3) is 0 Å². The zero-order valence-electron chi connectivity index (χ0n) is 19.1. The van der Waals surface area contributed by atoms with E-state index in [0.29, 0.717) is 23.5 Å². The molecule has 1 spiro atoms. The number of esters is 1. The van der Waals surface area contributed by atoms with E-state index in [1.807, 2.05) is 0 Å². The molecule has 2 N–H and O–H groups in total. The molecule has 4 aliphatic rings. The second-order valence-corrected chi connectivity index (χ2v) is 10.3. The Labute approximate surface area is 190 Å². The molecule has 1 aromatic rings. The number of rotatable bonds is 4. The second-order valence-electron chi connectivity index (χ2n) is 10.3. The Hall–Kier alpha value is -2.05. The number of ether oxygens (including phenoxy) is 2. The standard InChI is InChI=1S/C26H35NO5/c1-16-15-26-19-5-3-11-27(26)12-4-6-20(26)22(14-18(19)25(16)30)32-24(29)10-8-17-7-9-21(28)23(13-17)31-2/h7-10,13,16,18-20,22,25,28,30H,3-6,11-12,14-15H2,1-2H3/b10-8+/t16-,18+,19+,20+,22+,25+,26+/m0/s1. The van der Waals surface area contributed by atoms with Gasteiger partial charge in [-0.15, -0.1) is 0 Å². The van der Waals surface area contributed by atoms with Gasteiger partial charge >= 0.3 is 5.97 Å². The number of carbonyl (C=O) groups excluding carboxylic acids is 1. The van der Waals surface area contributed by atoms with Crippen molar-refractivity contribution in [2.75, 3.05) is 20.2 Å². The minimum absolute atomic E-state index is 0.0666. The number of phenols is 1. The van der Waals surface area contributed by atoms with E-state index in [9.17, 15) is 15.0 Å². The average Bonchev–Trinajstić information content (AvgIpc) is 2.79. The predicted molar refractivity (Wildman–Crippen MR) is 121 cm³/mol. The summed E-state index contributed by atoms with van der Waals surface area (Å²) in [4.78, 5) is 15.5. The number of benzene rings is 1. The van der Waals surface area contributed by atoms with Gasteiger partial charge in [-0.2, -0.15) is 0 Å². The lowest BCUT2D eigenvalue weighted by molar-refractivity contribution is -0.228. The van der Waals surface area contributed by atoms with Crippen molar-refractivity contribution in [2.24, 2.45) is 23.7 Å². The number of piperidine rings is 2. The third-order valence-corrected chi connectivity index (χ3v) is 8.78. The van der Waals surface area contributed by atoms with Crippen LogP contribution in [0.1, 0.15) is 51.0 Å². The normalized spacial score (nSPS) is 38.8. The van der Waals surface area contributed by atoms with E-state index in [4.69, 9.17) is 9.47 Å². The summed E-state index contributed by atoms with van der Waals surface area (Å²) in [6.07, 6.45) is 9.12. The first-order valence-corrected chi connectivity index (χ1v) is 12.1. The van der Waals surface area contributed by atoms with Crippen LogP contribution in [-0.4, -0.2) is 59.0 Å². The summed E-state index contributed by atoms with van der Waals surface area (Å²) in [5.41, 5.74) is 0.841. The monoisotopic (exact) mass is 441 g/mol. The summed E-state index contributed by atoms with van der Waals surface area (Å²) in [5.74, 6) is 1.45. The molecule has 4 fully saturated rings. The molecule has 0 radical (unpaired) electrons. The molecule has 5 rings (SSSR count). The zero-order chi connectivity index (χ0) is 22.5. The quantitative estimate of drug-likeness (QED) is 0.549. The molecule has 2 saturated heterocycles. The Bertz CT molecular complexity index is 898. The number of carbonyl (C=O) groups is 1. The number of hydrogen-bond donors (Lipinski definition) is 2. The van der Waals surface area contributed by atoms with Crippen molar-refractivity contribution in [3.8, 4) is 11.5 Å². The van der Waals surface area contributed by atoms with Crippen LogP contribution in [0.2, 0.25) is 0 Å². The maximum Gasteiger partial charge on any atom is 0.331 e. The number of nitrogens with zero attached hydrogens (tertiary/aromatic N) is 1. The van der Waals surface area contributed by atoms with Gasteiger partial charge in [0.05, 0.1) is 13.2 Å². The Morgan fingerprint density at radius 3 is 2.72 bits per heavy atom. The van der Waals surface area contributed by atoms with Crippen LogP contribution in [-0.2, 0) is 9.53 Å². The van der Waals surface area contributed by atoms with Crippen LogP contribution < -0.4 is 4.74 Å². The van der Waals surface area contributed by atoms with Crippen LogP contribution >= 0.6 is 0 Å². The maximum atomic E-state index is 12.8. The van der Waals surface area contributed by atoms with Crippen molar-refractivity contribution < 1.29 is 24.5 Å². The average molecular weight is 442 g/mol. The molecule has 2 aliphatic heterocycles. The highest BCUT2D eigenvalue weighted by atomic mass is 16.5. The Balaban J connectivity index is 1.37. The Morgan fingerprint density at radius 2 is 1.97 bits per heavy atom. The van der Waals surface area contributed by atoms with E-state index in [1.54, 1.807) is 24.3 Å². The van der Waals surface area contributed by atoms with Crippen molar-refractivity contribution in [2.45, 2.75) is 63.2 Å². The van der Waals surface area contributed by atoms with E-state index >= 15 is 0 Å². The summed E-state index contributed by atoms with van der Waals surface area (Å²) >= 11 is 0. The highest BCUT2D eigenvalue weighted by molar-refractivity contribution is 5.87. The molecule has 32 heavy (non-hydrogen) atoms. The van der Waals surface area contributed by atoms with Crippen LogP contribution in [0.3, 0.4) is 0 Å². The lowest BCUT2D eigenvalue weighted by Crippen LogP contribution is -2.74. The number of aliphatic hydroxyl groups excluding tert-OH is 1. The fraction of sp³-hybridized carbons (Fsp3) is 0.654. The molecular formula is C26H35NO5. The summed E-state index contributed by atoms with van der Waals surface area (Å²) in [7, 11) is 1.50. The Morgan fingerprint density at radius 1 is 1.22 bits per heavy atom. The summed E-state index contributed by atoms with van der Waals surface area (Å²) in [6.45, 7) is 4.46. The summed E-state index contributed by atoms with van der Waals surface area (Å²) < 4.78 is 11.2. The van der Waals surface area contributed by atoms with Gasteiger partial charge in [0.15, 0.2) is 11.5 Å². The SMILES string of the molecule is COc1cc(/C=C/C(=O)O[C@@H]2C[C@H]3[C@H](O)[C@@H](C)C[C@]45[C@@H]3CCCN4CCC[C@H]25)ccc1O. The second kappa shape index (κ2) is 8.38. The first-order chi connectivity index (χ1) is 15.4. The van der Waals surface area contributed by atoms with Crippen molar-refractivity contribution >= 4 is 12.0 Å². The smallest absolute Gasteiger partial charge is 0.331 e. The van der Waals surface area contributed by atoms with Gasteiger partial charge in [-0.05, 0) is 93.1 Å². The fourth-order valence-corrected chi connectivity index (χ4v) is 7.61. The van der Waals surface area contributed by atoms with E-state index in [-0.39, 0.29) is 35.4 Å². The molecule has 2 bridgehead atoms. The lowest BCUT2D eigenvalue weighted by Gasteiger charge is -2.68. The molecule has 0 aromatic heterocycles. The molecule has 2 aliphatic carbocycles. The van der Waals surface area contributed by atoms with Crippen molar-refractivity contribution in [3.63, 3.8) is 0 Å². The van der Waals surface area contributed by atoms with Gasteiger partial charge in [0, 0.05) is 17.5 Å². The van der Waals surface area contributed by atoms with Gasteiger partial charge in [0.1, 0.15) is 6.10 Å². The van der Waals surface area contributed by atoms with E-state index < -0.39 is 0 Å². The highest BCUT2D eigenvalue weighted by Gasteiger charge is 2.65. The van der Waals surface area contributed by atoms with E-state index in [0.717, 1.165) is 44.3 Å². The van der Waals surface area contributed by atoms with Crippen molar-refractivity contribution in [3.05, 3.63) is 29.8 Å². The van der Waals surface area contributed by atoms with E-state index in [1.165, 1.54) is 26.0 Å². The number of aromatic hydroxyl groups is 1. The Kier molecular flexibility index (Phi) is 5.70. The van der Waals surface area contributed by atoms with Crippen LogP contribution in [0.4, 0.5) is 0 Å². The number of aliphatic hydroxyl groups is 1. The molecule has 6 heteroatoms. The minimum atomic E-state index is -0.342. The molecule has 174 valence electrons. The maximum absolute atomic E-state index is 12.8. The lowest BCUT2D eigenvalue weighted by atomic mass is 9.47. The molecule has 7 atom stereocenters. The number of phenolic OH excluding ortho intramolecular Hbond substituents is 1. The number of hydrogen-bond acceptors (Lipinski definition) is 6. The van der Waals surface area contributed by atoms with Gasteiger partial charge in [-0.1, -0.05) is 13.0 Å². The molecular weight excluding hydrogens is 406 g/mol. The summed E-state index contributed by atoms with van der Waals surface area (Å²) in [5, 5.41) is 20.8. The third kappa shape index (κ3) is 3.43.